The standard InChI is InChI=1S/C31H35N3O2.Co/c1-6-34-28-17-16-26(36-5)20-27(28)31(4,21-23-12-14-24(15-13-23)22(2)3)29(34)18-19-32-33-30(35)25-10-8-7-9-11-25;/h7-20,22H,6,21H2,1-5H3,(H,33,35);/b29-18-,32-19+;. The molecular formula is C31H35CoN3O2. The Morgan fingerprint density at radius 1 is 1.05 bits per heavy atom. The summed E-state index contributed by atoms with van der Waals surface area (Å²) in [5.74, 6) is 1.24. The number of ether oxygens (including phenoxy) is 1. The summed E-state index contributed by atoms with van der Waals surface area (Å²) in [5, 5.41) is 18.4. The Morgan fingerprint density at radius 3 is 2.38 bits per heavy atom. The number of anilines is 1. The van der Waals surface area contributed by atoms with Crippen LogP contribution >= 0.6 is 0 Å². The number of rotatable bonds is 8. The molecular weight excluding hydrogens is 505 g/mol. The van der Waals surface area contributed by atoms with Gasteiger partial charge in [0.2, 0.25) is 5.90 Å². The quantitative estimate of drug-likeness (QED) is 0.190. The van der Waals surface area contributed by atoms with Crippen molar-refractivity contribution >= 4 is 17.8 Å². The van der Waals surface area contributed by atoms with Crippen molar-refractivity contribution in [3.8, 4) is 5.75 Å². The van der Waals surface area contributed by atoms with Crippen LogP contribution in [0.1, 0.15) is 55.9 Å². The van der Waals surface area contributed by atoms with Gasteiger partial charge in [0.15, 0.2) is 0 Å². The smallest absolute Gasteiger partial charge is 0.238 e. The summed E-state index contributed by atoms with van der Waals surface area (Å²) < 4.78 is 5.59. The van der Waals surface area contributed by atoms with Gasteiger partial charge >= 0.3 is 0 Å². The molecule has 0 spiro atoms. The summed E-state index contributed by atoms with van der Waals surface area (Å²) in [6, 6.07) is 24.4. The number of nitrogens with zero attached hydrogens (tertiary/aromatic N) is 3. The van der Waals surface area contributed by atoms with E-state index in [1.54, 1.807) is 25.5 Å². The van der Waals surface area contributed by atoms with Crippen LogP contribution in [0.4, 0.5) is 5.69 Å². The molecule has 0 saturated carbocycles. The van der Waals surface area contributed by atoms with Gasteiger partial charge in [0.25, 0.3) is 0 Å². The molecule has 0 saturated heterocycles. The fraction of sp³-hybridized carbons (Fsp3) is 0.290. The van der Waals surface area contributed by atoms with Gasteiger partial charge in [0.05, 0.1) is 13.3 Å². The largest absolute Gasteiger partial charge is 0.497 e. The van der Waals surface area contributed by atoms with Crippen molar-refractivity contribution in [2.75, 3.05) is 18.6 Å². The van der Waals surface area contributed by atoms with E-state index < -0.39 is 0 Å². The van der Waals surface area contributed by atoms with Crippen molar-refractivity contribution in [3.05, 3.63) is 107 Å². The first-order valence-electron chi connectivity index (χ1n) is 12.5. The summed E-state index contributed by atoms with van der Waals surface area (Å²) in [5.41, 5.74) is 6.49. The molecule has 4 rings (SSSR count). The van der Waals surface area contributed by atoms with Crippen LogP contribution in [0.3, 0.4) is 0 Å². The van der Waals surface area contributed by atoms with Gasteiger partial charge in [-0.2, -0.15) is 5.10 Å². The van der Waals surface area contributed by atoms with E-state index in [0.717, 1.165) is 24.4 Å². The van der Waals surface area contributed by atoms with Gasteiger partial charge < -0.3 is 14.7 Å². The average Bonchev–Trinajstić information content (AvgIpc) is 3.13. The maximum atomic E-state index is 10.3. The molecule has 0 amide bonds. The maximum Gasteiger partial charge on any atom is 0.238 e. The van der Waals surface area contributed by atoms with Gasteiger partial charge in [0, 0.05) is 45.7 Å². The summed E-state index contributed by atoms with van der Waals surface area (Å²) in [7, 11) is 1.71. The molecule has 0 aliphatic carbocycles. The zero-order valence-corrected chi connectivity index (χ0v) is 23.1. The molecule has 0 fully saturated rings. The minimum absolute atomic E-state index is 0. The summed E-state index contributed by atoms with van der Waals surface area (Å²) in [4.78, 5) is 2.32. The Bertz CT molecular complexity index is 1280. The van der Waals surface area contributed by atoms with E-state index in [-0.39, 0.29) is 28.1 Å². The number of aliphatic hydroxyl groups is 1. The Hall–Kier alpha value is -3.35. The third kappa shape index (κ3) is 5.97. The van der Waals surface area contributed by atoms with Crippen LogP contribution in [0.5, 0.6) is 5.75 Å². The van der Waals surface area contributed by atoms with Gasteiger partial charge in [-0.3, -0.25) is 0 Å². The molecule has 1 N–H and O–H groups in total. The molecule has 37 heavy (non-hydrogen) atoms. The van der Waals surface area contributed by atoms with Gasteiger partial charge in [-0.15, -0.1) is 5.10 Å². The zero-order valence-electron chi connectivity index (χ0n) is 22.1. The number of hydrogen-bond acceptors (Lipinski definition) is 4. The van der Waals surface area contributed by atoms with Crippen molar-refractivity contribution in [1.82, 2.24) is 0 Å². The molecule has 1 unspecified atom stereocenters. The first kappa shape index (κ1) is 28.2. The topological polar surface area (TPSA) is 57.4 Å². The molecule has 1 atom stereocenters. The fourth-order valence-corrected chi connectivity index (χ4v) is 4.95. The van der Waals surface area contributed by atoms with Crippen LogP contribution in [0.25, 0.3) is 0 Å². The number of fused-ring (bicyclic) bond motifs is 1. The molecule has 1 aliphatic rings. The van der Waals surface area contributed by atoms with Crippen LogP contribution in [0.15, 0.2) is 94.8 Å². The molecule has 5 nitrogen and oxygen atoms in total. The van der Waals surface area contributed by atoms with Gasteiger partial charge in [-0.05, 0) is 79.3 Å². The van der Waals surface area contributed by atoms with E-state index in [4.69, 9.17) is 4.74 Å². The van der Waals surface area contributed by atoms with E-state index in [2.05, 4.69) is 79.2 Å². The van der Waals surface area contributed by atoms with Crippen LogP contribution in [0.2, 0.25) is 0 Å². The summed E-state index contributed by atoms with van der Waals surface area (Å²) in [6.07, 6.45) is 4.51. The predicted molar refractivity (Wildman–Crippen MR) is 150 cm³/mol. The van der Waals surface area contributed by atoms with E-state index >= 15 is 0 Å². The molecule has 6 heteroatoms. The third-order valence-electron chi connectivity index (χ3n) is 6.95. The van der Waals surface area contributed by atoms with E-state index in [9.17, 15) is 5.11 Å². The van der Waals surface area contributed by atoms with Crippen molar-refractivity contribution in [2.24, 2.45) is 10.2 Å². The number of methoxy groups -OCH3 is 1. The molecule has 1 radical (unpaired) electrons. The number of likely N-dealkylation sites (N-methyl/N-ethyl adjacent to an activating group) is 1. The zero-order chi connectivity index (χ0) is 25.7. The molecule has 3 aromatic carbocycles. The molecule has 1 aliphatic heterocycles. The number of aliphatic hydroxyl groups excluding tert-OH is 1. The van der Waals surface area contributed by atoms with Crippen molar-refractivity contribution in [1.29, 1.82) is 0 Å². The fourth-order valence-electron chi connectivity index (χ4n) is 4.95. The first-order valence-corrected chi connectivity index (χ1v) is 12.5. The SMILES string of the molecule is CCN1\C(=C/C=N/N=C(\O)c2ccccc2)C(C)(Cc2ccc(C(C)C)cc2)c2cc(OC)ccc21.[Co]. The minimum Gasteiger partial charge on any atom is -0.497 e. The van der Waals surface area contributed by atoms with E-state index in [0.29, 0.717) is 11.5 Å². The molecule has 0 aromatic heterocycles. The number of hydrogen-bond donors (Lipinski definition) is 1. The first-order chi connectivity index (χ1) is 17.4. The van der Waals surface area contributed by atoms with Crippen LogP contribution < -0.4 is 9.64 Å². The van der Waals surface area contributed by atoms with Crippen molar-refractivity contribution in [2.45, 2.75) is 45.4 Å². The minimum atomic E-state index is -0.295. The molecule has 0 bridgehead atoms. The average molecular weight is 541 g/mol. The van der Waals surface area contributed by atoms with E-state index in [1.165, 1.54) is 22.4 Å². The maximum absolute atomic E-state index is 10.3. The van der Waals surface area contributed by atoms with Crippen LogP contribution in [-0.2, 0) is 28.6 Å². The summed E-state index contributed by atoms with van der Waals surface area (Å²) in [6.45, 7) is 9.68. The molecule has 1 heterocycles. The van der Waals surface area contributed by atoms with Crippen molar-refractivity contribution < 1.29 is 26.6 Å². The molecule has 3 aromatic rings. The van der Waals surface area contributed by atoms with Gasteiger partial charge in [0.1, 0.15) is 5.75 Å². The van der Waals surface area contributed by atoms with E-state index in [1.807, 2.05) is 30.3 Å². The second kappa shape index (κ2) is 12.3. The Morgan fingerprint density at radius 2 is 1.76 bits per heavy atom. The number of benzene rings is 3. The van der Waals surface area contributed by atoms with Crippen molar-refractivity contribution in [3.63, 3.8) is 0 Å². The Balaban J connectivity index is 0.00000380. The third-order valence-corrected chi connectivity index (χ3v) is 6.95. The molecule has 195 valence electrons. The monoisotopic (exact) mass is 540 g/mol. The van der Waals surface area contributed by atoms with Gasteiger partial charge in [-0.1, -0.05) is 56.3 Å². The Kier molecular flexibility index (Phi) is 9.35. The second-order valence-corrected chi connectivity index (χ2v) is 9.64. The second-order valence-electron chi connectivity index (χ2n) is 9.64. The normalized spacial score (nSPS) is 18.4. The van der Waals surface area contributed by atoms with Gasteiger partial charge in [-0.25, -0.2) is 0 Å². The Labute approximate surface area is 230 Å². The van der Waals surface area contributed by atoms with Crippen LogP contribution in [0, 0.1) is 0 Å². The number of allylic oxidation sites excluding steroid dienone is 2. The predicted octanol–water partition coefficient (Wildman–Crippen LogP) is 7.03. The van der Waals surface area contributed by atoms with Crippen LogP contribution in [-0.4, -0.2) is 30.9 Å². The summed E-state index contributed by atoms with van der Waals surface area (Å²) >= 11 is 0.